The third-order valence-electron chi connectivity index (χ3n) is 4.33. The van der Waals surface area contributed by atoms with Gasteiger partial charge in [-0.3, -0.25) is 24.4 Å². The Morgan fingerprint density at radius 2 is 1.88 bits per heavy atom. The van der Waals surface area contributed by atoms with Crippen molar-refractivity contribution in [3.63, 3.8) is 0 Å². The molecule has 3 N–H and O–H groups in total. The maximum atomic E-state index is 12.7. The smallest absolute Gasteiger partial charge is 0.313 e. The van der Waals surface area contributed by atoms with Crippen molar-refractivity contribution in [1.82, 2.24) is 14.9 Å². The van der Waals surface area contributed by atoms with Crippen LogP contribution >= 0.6 is 0 Å². The van der Waals surface area contributed by atoms with Gasteiger partial charge in [0.05, 0.1) is 23.5 Å². The molecule has 0 spiro atoms. The molecular formula is C18H19N5O3. The van der Waals surface area contributed by atoms with E-state index in [1.54, 1.807) is 17.3 Å². The second-order valence-corrected chi connectivity index (χ2v) is 6.07. The van der Waals surface area contributed by atoms with Crippen LogP contribution in [0.2, 0.25) is 0 Å². The Hall–Kier alpha value is -3.29. The lowest BCUT2D eigenvalue weighted by atomic mass is 9.96. The van der Waals surface area contributed by atoms with Crippen LogP contribution in [0, 0.1) is 0 Å². The molecule has 1 atom stereocenters. The van der Waals surface area contributed by atoms with Gasteiger partial charge in [0.2, 0.25) is 5.91 Å². The Morgan fingerprint density at radius 3 is 2.62 bits per heavy atom. The van der Waals surface area contributed by atoms with E-state index in [4.69, 9.17) is 5.73 Å². The zero-order valence-electron chi connectivity index (χ0n) is 14.1. The summed E-state index contributed by atoms with van der Waals surface area (Å²) in [4.78, 5) is 45.7. The lowest BCUT2D eigenvalue weighted by Gasteiger charge is -2.35. The number of amides is 3. The van der Waals surface area contributed by atoms with Crippen molar-refractivity contribution in [1.29, 1.82) is 0 Å². The molecule has 2 aromatic rings. The average Bonchev–Trinajstić information content (AvgIpc) is 2.68. The van der Waals surface area contributed by atoms with E-state index < -0.39 is 17.7 Å². The quantitative estimate of drug-likeness (QED) is 0.806. The summed E-state index contributed by atoms with van der Waals surface area (Å²) < 4.78 is 0. The summed E-state index contributed by atoms with van der Waals surface area (Å²) in [5.74, 6) is -2.04. The van der Waals surface area contributed by atoms with Gasteiger partial charge in [0.1, 0.15) is 0 Å². The number of carbonyl (C=O) groups excluding carboxylic acids is 3. The summed E-state index contributed by atoms with van der Waals surface area (Å²) in [5.41, 5.74) is 6.56. The number of nitrogens with one attached hydrogen (secondary N) is 1. The van der Waals surface area contributed by atoms with Crippen molar-refractivity contribution in [2.45, 2.75) is 25.3 Å². The molecule has 2 aromatic heterocycles. The van der Waals surface area contributed by atoms with E-state index in [1.165, 1.54) is 18.5 Å². The Morgan fingerprint density at radius 1 is 1.12 bits per heavy atom. The molecule has 8 heteroatoms. The SMILES string of the molecule is NC(=O)c1cncc(NC(=O)C(=O)N2CCCC[C@H]2c2ccncc2)c1. The molecule has 1 aliphatic heterocycles. The zero-order valence-corrected chi connectivity index (χ0v) is 14.1. The van der Waals surface area contributed by atoms with E-state index >= 15 is 0 Å². The van der Waals surface area contributed by atoms with Gasteiger partial charge in [-0.05, 0) is 43.0 Å². The van der Waals surface area contributed by atoms with E-state index in [-0.39, 0.29) is 17.3 Å². The molecule has 26 heavy (non-hydrogen) atoms. The summed E-state index contributed by atoms with van der Waals surface area (Å²) in [6.45, 7) is 0.513. The highest BCUT2D eigenvalue weighted by atomic mass is 16.2. The predicted octanol–water partition coefficient (Wildman–Crippen LogP) is 1.27. The summed E-state index contributed by atoms with van der Waals surface area (Å²) in [7, 11) is 0. The molecule has 0 bridgehead atoms. The van der Waals surface area contributed by atoms with Crippen molar-refractivity contribution in [2.75, 3.05) is 11.9 Å². The van der Waals surface area contributed by atoms with E-state index in [2.05, 4.69) is 15.3 Å². The summed E-state index contributed by atoms with van der Waals surface area (Å²) in [6.07, 6.45) is 8.63. The van der Waals surface area contributed by atoms with Crippen LogP contribution in [0.5, 0.6) is 0 Å². The van der Waals surface area contributed by atoms with Crippen LogP contribution in [0.15, 0.2) is 43.0 Å². The number of primary amides is 1. The van der Waals surface area contributed by atoms with Gasteiger partial charge in [0.15, 0.2) is 0 Å². The van der Waals surface area contributed by atoms with Crippen LogP contribution in [0.25, 0.3) is 0 Å². The van der Waals surface area contributed by atoms with Gasteiger partial charge in [-0.1, -0.05) is 0 Å². The van der Waals surface area contributed by atoms with Crippen molar-refractivity contribution in [2.24, 2.45) is 5.73 Å². The highest BCUT2D eigenvalue weighted by Crippen LogP contribution is 2.30. The van der Waals surface area contributed by atoms with Gasteiger partial charge in [0.25, 0.3) is 0 Å². The molecule has 3 heterocycles. The largest absolute Gasteiger partial charge is 0.366 e. The van der Waals surface area contributed by atoms with Crippen LogP contribution in [-0.4, -0.2) is 39.1 Å². The van der Waals surface area contributed by atoms with Crippen LogP contribution in [0.3, 0.4) is 0 Å². The number of aromatic nitrogens is 2. The fourth-order valence-corrected chi connectivity index (χ4v) is 3.06. The molecule has 0 saturated carbocycles. The van der Waals surface area contributed by atoms with Crippen LogP contribution in [0.1, 0.15) is 41.2 Å². The molecular weight excluding hydrogens is 334 g/mol. The predicted molar refractivity (Wildman–Crippen MR) is 93.9 cm³/mol. The Balaban J connectivity index is 1.75. The molecule has 0 aliphatic carbocycles. The molecule has 1 aliphatic rings. The Labute approximate surface area is 150 Å². The molecule has 0 unspecified atom stereocenters. The summed E-state index contributed by atoms with van der Waals surface area (Å²) in [5, 5.41) is 2.49. The summed E-state index contributed by atoms with van der Waals surface area (Å²) in [6, 6.07) is 4.94. The van der Waals surface area contributed by atoms with Crippen molar-refractivity contribution in [3.05, 3.63) is 54.1 Å². The summed E-state index contributed by atoms with van der Waals surface area (Å²) >= 11 is 0. The van der Waals surface area contributed by atoms with Gasteiger partial charge in [-0.15, -0.1) is 0 Å². The molecule has 0 radical (unpaired) electrons. The van der Waals surface area contributed by atoms with Crippen molar-refractivity contribution >= 4 is 23.4 Å². The highest BCUT2D eigenvalue weighted by molar-refractivity contribution is 6.39. The first-order chi connectivity index (χ1) is 12.6. The van der Waals surface area contributed by atoms with Gasteiger partial charge >= 0.3 is 11.8 Å². The number of nitrogens with zero attached hydrogens (tertiary/aromatic N) is 3. The average molecular weight is 353 g/mol. The first-order valence-corrected chi connectivity index (χ1v) is 8.33. The number of rotatable bonds is 3. The number of piperidine rings is 1. The minimum absolute atomic E-state index is 0.153. The maximum absolute atomic E-state index is 12.7. The molecule has 3 rings (SSSR count). The number of anilines is 1. The maximum Gasteiger partial charge on any atom is 0.313 e. The number of carbonyl (C=O) groups is 3. The minimum Gasteiger partial charge on any atom is -0.366 e. The van der Waals surface area contributed by atoms with Crippen LogP contribution in [-0.2, 0) is 9.59 Å². The molecule has 8 nitrogen and oxygen atoms in total. The van der Waals surface area contributed by atoms with E-state index in [1.807, 2.05) is 12.1 Å². The van der Waals surface area contributed by atoms with Crippen LogP contribution in [0.4, 0.5) is 5.69 Å². The number of hydrogen-bond acceptors (Lipinski definition) is 5. The number of pyridine rings is 2. The van der Waals surface area contributed by atoms with Gasteiger partial charge in [-0.25, -0.2) is 0 Å². The third kappa shape index (κ3) is 3.85. The lowest BCUT2D eigenvalue weighted by Crippen LogP contribution is -2.44. The van der Waals surface area contributed by atoms with E-state index in [9.17, 15) is 14.4 Å². The van der Waals surface area contributed by atoms with Gasteiger partial charge in [0, 0.05) is 25.1 Å². The van der Waals surface area contributed by atoms with Crippen LogP contribution < -0.4 is 11.1 Å². The third-order valence-corrected chi connectivity index (χ3v) is 4.33. The standard InChI is InChI=1S/C18H19N5O3/c19-16(24)13-9-14(11-21-10-13)22-17(25)18(26)23-8-2-1-3-15(23)12-4-6-20-7-5-12/h4-7,9-11,15H,1-3,8H2,(H2,19,24)(H,22,25)/t15-/m0/s1. The normalized spacial score (nSPS) is 16.8. The highest BCUT2D eigenvalue weighted by Gasteiger charge is 2.31. The molecule has 134 valence electrons. The molecule has 1 fully saturated rings. The first-order valence-electron chi connectivity index (χ1n) is 8.33. The lowest BCUT2D eigenvalue weighted by molar-refractivity contribution is -0.145. The topological polar surface area (TPSA) is 118 Å². The minimum atomic E-state index is -0.769. The fraction of sp³-hybridized carbons (Fsp3) is 0.278. The Bertz CT molecular complexity index is 825. The number of hydrogen-bond donors (Lipinski definition) is 2. The monoisotopic (exact) mass is 353 g/mol. The molecule has 0 aromatic carbocycles. The van der Waals surface area contributed by atoms with Crippen molar-refractivity contribution < 1.29 is 14.4 Å². The van der Waals surface area contributed by atoms with Crippen molar-refractivity contribution in [3.8, 4) is 0 Å². The second kappa shape index (κ2) is 7.73. The molecule has 1 saturated heterocycles. The second-order valence-electron chi connectivity index (χ2n) is 6.07. The van der Waals surface area contributed by atoms with Gasteiger partial charge < -0.3 is 16.0 Å². The first kappa shape index (κ1) is 17.5. The fourth-order valence-electron chi connectivity index (χ4n) is 3.06. The van der Waals surface area contributed by atoms with E-state index in [0.717, 1.165) is 24.8 Å². The number of likely N-dealkylation sites (tertiary alicyclic amines) is 1. The molecule has 3 amide bonds. The zero-order chi connectivity index (χ0) is 18.5. The Kier molecular flexibility index (Phi) is 5.21. The number of nitrogens with two attached hydrogens (primary N) is 1. The van der Waals surface area contributed by atoms with Gasteiger partial charge in [-0.2, -0.15) is 0 Å². The van der Waals surface area contributed by atoms with E-state index in [0.29, 0.717) is 6.54 Å².